The molecule has 8 nitrogen and oxygen atoms in total. The Morgan fingerprint density at radius 2 is 1.96 bits per heavy atom. The molecule has 0 saturated heterocycles. The molecule has 0 radical (unpaired) electrons. The molecule has 3 rings (SSSR count). The van der Waals surface area contributed by atoms with Crippen molar-refractivity contribution in [2.24, 2.45) is 5.92 Å². The lowest BCUT2D eigenvalue weighted by Crippen LogP contribution is -2.22. The second-order valence-electron chi connectivity index (χ2n) is 6.28. The number of hydrogen-bond donors (Lipinski definition) is 3. The summed E-state index contributed by atoms with van der Waals surface area (Å²) >= 11 is 4.09. The Kier molecular flexibility index (Phi) is 6.30. The number of urea groups is 1. The molecule has 0 aliphatic heterocycles. The van der Waals surface area contributed by atoms with Gasteiger partial charge in [-0.25, -0.2) is 14.6 Å². The van der Waals surface area contributed by atoms with Crippen molar-refractivity contribution in [3.63, 3.8) is 0 Å². The van der Waals surface area contributed by atoms with Crippen molar-refractivity contribution in [2.45, 2.75) is 25.7 Å². The number of anilines is 2. The Morgan fingerprint density at radius 3 is 2.57 bits per heavy atom. The second kappa shape index (κ2) is 8.70. The lowest BCUT2D eigenvalue weighted by molar-refractivity contribution is 0.0690. The van der Waals surface area contributed by atoms with E-state index in [2.05, 4.69) is 31.5 Å². The Labute approximate surface area is 173 Å². The molecule has 3 N–H and O–H groups in total. The molecule has 28 heavy (non-hydrogen) atoms. The molecule has 0 unspecified atom stereocenters. The molecule has 1 aromatic heterocycles. The molecule has 1 fully saturated rings. The average molecular weight is 468 g/mol. The third-order valence-electron chi connectivity index (χ3n) is 4.48. The lowest BCUT2D eigenvalue weighted by atomic mass is 9.95. The quantitative estimate of drug-likeness (QED) is 0.533. The molecule has 148 valence electrons. The highest BCUT2D eigenvalue weighted by atomic mass is 79.9. The number of carbonyl (C=O) groups is 3. The molecular formula is C18H18BrN3O5S. The summed E-state index contributed by atoms with van der Waals surface area (Å²) in [5.74, 6) is -0.737. The van der Waals surface area contributed by atoms with E-state index in [1.54, 1.807) is 18.2 Å². The molecule has 1 saturated carbocycles. The Morgan fingerprint density at radius 1 is 1.25 bits per heavy atom. The smallest absolute Gasteiger partial charge is 0.356 e. The predicted octanol–water partition coefficient (Wildman–Crippen LogP) is 4.63. The zero-order chi connectivity index (χ0) is 20.3. The number of aromatic nitrogens is 1. The maximum atomic E-state index is 12.9. The lowest BCUT2D eigenvalue weighted by Gasteiger charge is -2.15. The number of Topliss-reactive ketones (excluding diaryl/α,β-unsaturated/α-hetero) is 1. The summed E-state index contributed by atoms with van der Waals surface area (Å²) in [5.41, 5.74) is 0.582. The van der Waals surface area contributed by atoms with Gasteiger partial charge >= 0.3 is 12.0 Å². The van der Waals surface area contributed by atoms with Crippen molar-refractivity contribution < 1.29 is 24.2 Å². The van der Waals surface area contributed by atoms with Gasteiger partial charge in [-0.1, -0.05) is 24.2 Å². The van der Waals surface area contributed by atoms with E-state index in [0.29, 0.717) is 20.8 Å². The van der Waals surface area contributed by atoms with Crippen molar-refractivity contribution in [3.8, 4) is 5.75 Å². The van der Waals surface area contributed by atoms with Crippen molar-refractivity contribution in [1.29, 1.82) is 0 Å². The monoisotopic (exact) mass is 467 g/mol. The molecule has 0 atom stereocenters. The minimum absolute atomic E-state index is 0.0168. The van der Waals surface area contributed by atoms with Crippen LogP contribution in [0, 0.1) is 5.92 Å². The number of benzene rings is 1. The van der Waals surface area contributed by atoms with Crippen molar-refractivity contribution >= 4 is 55.9 Å². The number of nitrogens with one attached hydrogen (secondary N) is 2. The summed E-state index contributed by atoms with van der Waals surface area (Å²) in [4.78, 5) is 40.2. The number of rotatable bonds is 6. The summed E-state index contributed by atoms with van der Waals surface area (Å²) in [5, 5.41) is 14.3. The number of carboxylic acids is 1. The zero-order valence-electron chi connectivity index (χ0n) is 15.0. The number of carbonyl (C=O) groups excluding carboxylic acids is 2. The molecule has 1 aliphatic rings. The topological polar surface area (TPSA) is 118 Å². The van der Waals surface area contributed by atoms with Crippen molar-refractivity contribution in [2.75, 3.05) is 17.7 Å². The van der Waals surface area contributed by atoms with E-state index < -0.39 is 12.0 Å². The minimum atomic E-state index is -1.20. The maximum absolute atomic E-state index is 12.9. The van der Waals surface area contributed by atoms with Gasteiger partial charge in [0.15, 0.2) is 16.6 Å². The van der Waals surface area contributed by atoms with Crippen LogP contribution in [-0.4, -0.2) is 35.0 Å². The van der Waals surface area contributed by atoms with Crippen LogP contribution in [-0.2, 0) is 0 Å². The van der Waals surface area contributed by atoms with E-state index in [0.717, 1.165) is 37.0 Å². The molecule has 10 heteroatoms. The normalized spacial score (nSPS) is 13.9. The van der Waals surface area contributed by atoms with Crippen LogP contribution in [0.4, 0.5) is 15.6 Å². The highest BCUT2D eigenvalue weighted by Crippen LogP contribution is 2.33. The Hall–Kier alpha value is -2.46. The van der Waals surface area contributed by atoms with Crippen molar-refractivity contribution in [3.05, 3.63) is 33.2 Å². The molecular weight excluding hydrogens is 450 g/mol. The van der Waals surface area contributed by atoms with Crippen LogP contribution in [0.1, 0.15) is 46.5 Å². The van der Waals surface area contributed by atoms with Crippen LogP contribution < -0.4 is 15.4 Å². The third kappa shape index (κ3) is 4.50. The number of halogens is 1. The molecule has 0 bridgehead atoms. The number of methoxy groups -OCH3 is 1. The van der Waals surface area contributed by atoms with E-state index >= 15 is 0 Å². The maximum Gasteiger partial charge on any atom is 0.356 e. The van der Waals surface area contributed by atoms with Gasteiger partial charge in [0.25, 0.3) is 0 Å². The van der Waals surface area contributed by atoms with Gasteiger partial charge in [-0.05, 0) is 47.0 Å². The fourth-order valence-corrected chi connectivity index (χ4v) is 4.51. The van der Waals surface area contributed by atoms with Gasteiger partial charge in [-0.3, -0.25) is 10.1 Å². The van der Waals surface area contributed by atoms with Crippen molar-refractivity contribution in [1.82, 2.24) is 4.98 Å². The van der Waals surface area contributed by atoms with Crippen LogP contribution in [0.15, 0.2) is 22.0 Å². The molecule has 1 heterocycles. The van der Waals surface area contributed by atoms with Gasteiger partial charge in [0.05, 0.1) is 12.8 Å². The van der Waals surface area contributed by atoms with Crippen LogP contribution in [0.2, 0.25) is 0 Å². The van der Waals surface area contributed by atoms with Crippen LogP contribution >= 0.6 is 27.3 Å². The summed E-state index contributed by atoms with van der Waals surface area (Å²) in [6.45, 7) is 0. The first kappa shape index (κ1) is 20.3. The number of hydrogen-bond acceptors (Lipinski definition) is 6. The number of ether oxygens (including phenoxy) is 1. The number of ketones is 1. The first-order chi connectivity index (χ1) is 13.4. The molecule has 2 aromatic rings. The molecule has 2 amide bonds. The average Bonchev–Trinajstić information content (AvgIpc) is 3.31. The van der Waals surface area contributed by atoms with E-state index in [-0.39, 0.29) is 22.5 Å². The van der Waals surface area contributed by atoms with E-state index in [9.17, 15) is 14.4 Å². The number of amides is 2. The molecule has 1 aromatic carbocycles. The molecule has 0 spiro atoms. The predicted molar refractivity (Wildman–Crippen MR) is 109 cm³/mol. The van der Waals surface area contributed by atoms with Gasteiger partial charge in [-0.15, -0.1) is 0 Å². The van der Waals surface area contributed by atoms with Gasteiger partial charge in [0, 0.05) is 11.5 Å². The number of aromatic carboxylic acids is 1. The van der Waals surface area contributed by atoms with Gasteiger partial charge in [-0.2, -0.15) is 0 Å². The summed E-state index contributed by atoms with van der Waals surface area (Å²) in [6.07, 6.45) is 3.72. The minimum Gasteiger partial charge on any atom is -0.497 e. The first-order valence-electron chi connectivity index (χ1n) is 8.59. The molecule has 1 aliphatic carbocycles. The Bertz CT molecular complexity index is 924. The number of carboxylic acid groups (broad SMARTS) is 1. The van der Waals surface area contributed by atoms with Crippen LogP contribution in [0.25, 0.3) is 0 Å². The Balaban J connectivity index is 1.79. The van der Waals surface area contributed by atoms with Crippen LogP contribution in [0.3, 0.4) is 0 Å². The van der Waals surface area contributed by atoms with Gasteiger partial charge < -0.3 is 15.2 Å². The largest absolute Gasteiger partial charge is 0.497 e. The fourth-order valence-electron chi connectivity index (χ4n) is 3.11. The second-order valence-corrected chi connectivity index (χ2v) is 8.60. The van der Waals surface area contributed by atoms with Gasteiger partial charge in [0.2, 0.25) is 0 Å². The summed E-state index contributed by atoms with van der Waals surface area (Å²) < 4.78 is 5.51. The third-order valence-corrected chi connectivity index (χ3v) is 6.10. The number of thiazole rings is 1. The van der Waals surface area contributed by atoms with E-state index in [4.69, 9.17) is 9.84 Å². The van der Waals surface area contributed by atoms with E-state index in [1.165, 1.54) is 7.11 Å². The van der Waals surface area contributed by atoms with E-state index in [1.807, 2.05) is 0 Å². The summed E-state index contributed by atoms with van der Waals surface area (Å²) in [7, 11) is 1.51. The highest BCUT2D eigenvalue weighted by molar-refractivity contribution is 9.11. The zero-order valence-corrected chi connectivity index (χ0v) is 17.4. The number of nitrogens with zero attached hydrogens (tertiary/aromatic N) is 1. The first-order valence-corrected chi connectivity index (χ1v) is 10.2. The highest BCUT2D eigenvalue weighted by Gasteiger charge is 2.26. The standard InChI is InChI=1S/C18H18BrN3O5S/c1-27-10-6-7-12(11(8-10)14(23)9-4-2-3-5-9)20-17(26)22-18-21-13(16(24)25)15(19)28-18/h6-9H,2-5H2,1H3,(H,24,25)(H2,20,21,22,26). The SMILES string of the molecule is COc1ccc(NC(=O)Nc2nc(C(=O)O)c(Br)s2)c(C(=O)C2CCCC2)c1. The van der Waals surface area contributed by atoms with Gasteiger partial charge in [0.1, 0.15) is 9.54 Å². The fraction of sp³-hybridized carbons (Fsp3) is 0.333. The summed E-state index contributed by atoms with van der Waals surface area (Å²) in [6, 6.07) is 4.27. The van der Waals surface area contributed by atoms with Crippen LogP contribution in [0.5, 0.6) is 5.75 Å².